The highest BCUT2D eigenvalue weighted by Crippen LogP contribution is 2.46. The summed E-state index contributed by atoms with van der Waals surface area (Å²) in [5.74, 6) is -0.0466. The summed E-state index contributed by atoms with van der Waals surface area (Å²) in [6.07, 6.45) is 5.36. The zero-order valence-electron chi connectivity index (χ0n) is 7.21. The summed E-state index contributed by atoms with van der Waals surface area (Å²) in [7, 11) is 0. The number of carbonyl (C=O) groups is 1. The van der Waals surface area contributed by atoms with Crippen molar-refractivity contribution in [3.8, 4) is 0 Å². The molecule has 0 atom stereocenters. The first-order valence-corrected chi connectivity index (χ1v) is 4.68. The minimum absolute atomic E-state index is 0.0466. The molecule has 0 bridgehead atoms. The van der Waals surface area contributed by atoms with E-state index in [-0.39, 0.29) is 17.5 Å². The number of hydrogen-bond donors (Lipinski definition) is 1. The predicted molar refractivity (Wildman–Crippen MR) is 44.5 cm³/mol. The molecule has 0 saturated heterocycles. The van der Waals surface area contributed by atoms with Gasteiger partial charge in [-0.2, -0.15) is 0 Å². The second-order valence-electron chi connectivity index (χ2n) is 3.94. The van der Waals surface area contributed by atoms with Gasteiger partial charge in [0.05, 0.1) is 5.41 Å². The van der Waals surface area contributed by atoms with E-state index in [2.05, 4.69) is 0 Å². The SMILES string of the molecule is NCC1(C(=O)OC2CCC2)CC1. The highest BCUT2D eigenvalue weighted by Gasteiger charge is 2.50. The molecular weight excluding hydrogens is 154 g/mol. The van der Waals surface area contributed by atoms with E-state index in [0.717, 1.165) is 25.7 Å². The second-order valence-corrected chi connectivity index (χ2v) is 3.94. The standard InChI is InChI=1S/C9H15NO2/c10-6-9(4-5-9)8(11)12-7-2-1-3-7/h7H,1-6,10H2. The number of carbonyl (C=O) groups excluding carboxylic acids is 1. The van der Waals surface area contributed by atoms with Gasteiger partial charge in [-0.25, -0.2) is 0 Å². The minimum atomic E-state index is -0.268. The Morgan fingerprint density at radius 2 is 2.17 bits per heavy atom. The lowest BCUT2D eigenvalue weighted by Crippen LogP contribution is -2.33. The van der Waals surface area contributed by atoms with Gasteiger partial charge in [-0.3, -0.25) is 4.79 Å². The Morgan fingerprint density at radius 3 is 2.50 bits per heavy atom. The molecule has 0 aromatic rings. The summed E-state index contributed by atoms with van der Waals surface area (Å²) < 4.78 is 5.29. The number of esters is 1. The molecule has 0 aliphatic heterocycles. The predicted octanol–water partition coefficient (Wildman–Crippen LogP) is 0.821. The second kappa shape index (κ2) is 2.73. The van der Waals surface area contributed by atoms with Crippen LogP contribution in [-0.2, 0) is 9.53 Å². The molecule has 0 aromatic carbocycles. The average Bonchev–Trinajstić information content (AvgIpc) is 2.76. The molecule has 2 fully saturated rings. The van der Waals surface area contributed by atoms with Crippen LogP contribution < -0.4 is 5.73 Å². The smallest absolute Gasteiger partial charge is 0.313 e. The monoisotopic (exact) mass is 169 g/mol. The van der Waals surface area contributed by atoms with Crippen LogP contribution in [0.4, 0.5) is 0 Å². The van der Waals surface area contributed by atoms with Crippen molar-refractivity contribution in [2.24, 2.45) is 11.1 Å². The van der Waals surface area contributed by atoms with E-state index in [9.17, 15) is 4.79 Å². The van der Waals surface area contributed by atoms with Gasteiger partial charge in [0.2, 0.25) is 0 Å². The lowest BCUT2D eigenvalue weighted by molar-refractivity contribution is -0.159. The summed E-state index contributed by atoms with van der Waals surface area (Å²) in [6.45, 7) is 0.457. The fraction of sp³-hybridized carbons (Fsp3) is 0.889. The van der Waals surface area contributed by atoms with Crippen molar-refractivity contribution >= 4 is 5.97 Å². The summed E-state index contributed by atoms with van der Waals surface area (Å²) in [6, 6.07) is 0. The van der Waals surface area contributed by atoms with Gasteiger partial charge in [0.15, 0.2) is 0 Å². The van der Waals surface area contributed by atoms with Crippen molar-refractivity contribution in [2.75, 3.05) is 6.54 Å². The van der Waals surface area contributed by atoms with Gasteiger partial charge in [-0.15, -0.1) is 0 Å². The van der Waals surface area contributed by atoms with Crippen LogP contribution in [0.1, 0.15) is 32.1 Å². The van der Waals surface area contributed by atoms with Crippen molar-refractivity contribution in [3.63, 3.8) is 0 Å². The van der Waals surface area contributed by atoms with Gasteiger partial charge in [0.25, 0.3) is 0 Å². The Balaban J connectivity index is 1.83. The Bertz CT molecular complexity index is 195. The quantitative estimate of drug-likeness (QED) is 0.636. The Hall–Kier alpha value is -0.570. The molecule has 2 saturated carbocycles. The van der Waals surface area contributed by atoms with Crippen LogP contribution in [0.3, 0.4) is 0 Å². The zero-order chi connectivity index (χ0) is 8.60. The van der Waals surface area contributed by atoms with Crippen LogP contribution in [0.2, 0.25) is 0 Å². The number of rotatable bonds is 3. The van der Waals surface area contributed by atoms with Gasteiger partial charge < -0.3 is 10.5 Å². The third-order valence-electron chi connectivity index (χ3n) is 3.00. The van der Waals surface area contributed by atoms with Crippen molar-refractivity contribution in [1.82, 2.24) is 0 Å². The molecule has 68 valence electrons. The van der Waals surface area contributed by atoms with Crippen LogP contribution in [0, 0.1) is 5.41 Å². The van der Waals surface area contributed by atoms with Crippen molar-refractivity contribution in [3.05, 3.63) is 0 Å². The summed E-state index contributed by atoms with van der Waals surface area (Å²) in [4.78, 5) is 11.5. The summed E-state index contributed by atoms with van der Waals surface area (Å²) >= 11 is 0. The van der Waals surface area contributed by atoms with E-state index < -0.39 is 0 Å². The van der Waals surface area contributed by atoms with Crippen LogP contribution in [0.5, 0.6) is 0 Å². The van der Waals surface area contributed by atoms with E-state index in [1.165, 1.54) is 6.42 Å². The molecule has 3 nitrogen and oxygen atoms in total. The largest absolute Gasteiger partial charge is 0.462 e. The van der Waals surface area contributed by atoms with Crippen LogP contribution in [0.15, 0.2) is 0 Å². The maximum absolute atomic E-state index is 11.5. The Labute approximate surface area is 72.3 Å². The molecular formula is C9H15NO2. The minimum Gasteiger partial charge on any atom is -0.462 e. The molecule has 3 heteroatoms. The van der Waals surface area contributed by atoms with Gasteiger partial charge in [0.1, 0.15) is 6.10 Å². The maximum Gasteiger partial charge on any atom is 0.313 e. The van der Waals surface area contributed by atoms with E-state index in [1.807, 2.05) is 0 Å². The lowest BCUT2D eigenvalue weighted by atomic mass is 9.96. The maximum atomic E-state index is 11.5. The summed E-state index contributed by atoms with van der Waals surface area (Å²) in [5.41, 5.74) is 5.24. The van der Waals surface area contributed by atoms with E-state index >= 15 is 0 Å². The molecule has 2 aliphatic rings. The van der Waals surface area contributed by atoms with Crippen molar-refractivity contribution in [2.45, 2.75) is 38.2 Å². The van der Waals surface area contributed by atoms with Gasteiger partial charge in [-0.05, 0) is 32.1 Å². The molecule has 0 spiro atoms. The first-order valence-electron chi connectivity index (χ1n) is 4.68. The molecule has 2 rings (SSSR count). The van der Waals surface area contributed by atoms with Crippen LogP contribution in [0.25, 0.3) is 0 Å². The third-order valence-corrected chi connectivity index (χ3v) is 3.00. The molecule has 2 N–H and O–H groups in total. The third kappa shape index (κ3) is 1.22. The number of hydrogen-bond acceptors (Lipinski definition) is 3. The molecule has 2 aliphatic carbocycles. The Morgan fingerprint density at radius 1 is 1.50 bits per heavy atom. The fourth-order valence-corrected chi connectivity index (χ4v) is 1.41. The molecule has 0 unspecified atom stereocenters. The first-order chi connectivity index (χ1) is 5.77. The highest BCUT2D eigenvalue weighted by molar-refractivity contribution is 5.80. The topological polar surface area (TPSA) is 52.3 Å². The average molecular weight is 169 g/mol. The fourth-order valence-electron chi connectivity index (χ4n) is 1.41. The van der Waals surface area contributed by atoms with Gasteiger partial charge in [0, 0.05) is 6.54 Å². The van der Waals surface area contributed by atoms with E-state index in [0.29, 0.717) is 6.54 Å². The zero-order valence-corrected chi connectivity index (χ0v) is 7.21. The normalized spacial score (nSPS) is 26.1. The van der Waals surface area contributed by atoms with Crippen molar-refractivity contribution < 1.29 is 9.53 Å². The Kier molecular flexibility index (Phi) is 1.83. The molecule has 12 heavy (non-hydrogen) atoms. The lowest BCUT2D eigenvalue weighted by Gasteiger charge is -2.27. The molecule has 0 aromatic heterocycles. The number of nitrogens with two attached hydrogens (primary N) is 1. The van der Waals surface area contributed by atoms with Gasteiger partial charge >= 0.3 is 5.97 Å². The van der Waals surface area contributed by atoms with Crippen LogP contribution in [-0.4, -0.2) is 18.6 Å². The van der Waals surface area contributed by atoms with Gasteiger partial charge in [-0.1, -0.05) is 0 Å². The number of ether oxygens (including phenoxy) is 1. The molecule has 0 radical (unpaired) electrons. The summed E-state index contributed by atoms with van der Waals surface area (Å²) in [5, 5.41) is 0. The van der Waals surface area contributed by atoms with E-state index in [4.69, 9.17) is 10.5 Å². The molecule has 0 amide bonds. The molecule has 0 heterocycles. The van der Waals surface area contributed by atoms with E-state index in [1.54, 1.807) is 0 Å². The van der Waals surface area contributed by atoms with Crippen LogP contribution >= 0.6 is 0 Å². The first kappa shape index (κ1) is 8.05. The van der Waals surface area contributed by atoms with Crippen molar-refractivity contribution in [1.29, 1.82) is 0 Å². The highest BCUT2D eigenvalue weighted by atomic mass is 16.5.